The van der Waals surface area contributed by atoms with Crippen LogP contribution in [-0.4, -0.2) is 58.2 Å². The molecule has 162 valence electrons. The van der Waals surface area contributed by atoms with E-state index in [2.05, 4.69) is 24.8 Å². The molecule has 0 aromatic heterocycles. The first kappa shape index (κ1) is 22.0. The Morgan fingerprint density at radius 1 is 1.03 bits per heavy atom. The predicted octanol–water partition coefficient (Wildman–Crippen LogP) is 2.70. The second-order valence-electron chi connectivity index (χ2n) is 7.45. The summed E-state index contributed by atoms with van der Waals surface area (Å²) in [5.74, 6) is -2.64. The van der Waals surface area contributed by atoms with E-state index in [0.717, 1.165) is 34.4 Å². The molecule has 0 saturated carbocycles. The molecule has 3 rings (SSSR count). The molecule has 6 nitrogen and oxygen atoms in total. The van der Waals surface area contributed by atoms with E-state index >= 15 is 0 Å². The maximum atomic E-state index is 13.6. The Labute approximate surface area is 175 Å². The summed E-state index contributed by atoms with van der Waals surface area (Å²) in [4.78, 5) is 16.6. The van der Waals surface area contributed by atoms with Gasteiger partial charge in [-0.15, -0.1) is 0 Å². The van der Waals surface area contributed by atoms with Crippen LogP contribution in [0.1, 0.15) is 11.1 Å². The molecule has 1 fully saturated rings. The van der Waals surface area contributed by atoms with Crippen molar-refractivity contribution in [2.45, 2.75) is 13.8 Å². The lowest BCUT2D eigenvalue weighted by molar-refractivity contribution is -0.129. The molecule has 0 unspecified atom stereocenters. The highest BCUT2D eigenvalue weighted by molar-refractivity contribution is 7.92. The number of carbonyl (C=O) groups excluding carboxylic acids is 1. The van der Waals surface area contributed by atoms with Crippen LogP contribution in [0.5, 0.6) is 0 Å². The van der Waals surface area contributed by atoms with Crippen molar-refractivity contribution in [3.63, 3.8) is 0 Å². The van der Waals surface area contributed by atoms with Crippen molar-refractivity contribution in [1.29, 1.82) is 0 Å². The number of benzene rings is 2. The maximum Gasteiger partial charge on any atom is 0.243 e. The molecule has 0 aliphatic carbocycles. The highest BCUT2D eigenvalue weighted by Crippen LogP contribution is 2.24. The van der Waals surface area contributed by atoms with Crippen molar-refractivity contribution in [2.75, 3.05) is 48.2 Å². The number of hydrogen-bond donors (Lipinski definition) is 0. The fraction of sp³-hybridized carbons (Fsp3) is 0.381. The van der Waals surface area contributed by atoms with E-state index in [1.807, 2.05) is 12.1 Å². The molecule has 0 atom stereocenters. The van der Waals surface area contributed by atoms with Gasteiger partial charge in [-0.2, -0.15) is 0 Å². The molecule has 1 aliphatic heterocycles. The van der Waals surface area contributed by atoms with Gasteiger partial charge in [0.15, 0.2) is 11.6 Å². The highest BCUT2D eigenvalue weighted by Gasteiger charge is 2.27. The zero-order valence-electron chi connectivity index (χ0n) is 17.2. The van der Waals surface area contributed by atoms with Crippen molar-refractivity contribution < 1.29 is 22.0 Å². The molecule has 0 radical (unpaired) electrons. The van der Waals surface area contributed by atoms with E-state index < -0.39 is 28.2 Å². The molecule has 0 spiro atoms. The number of aryl methyl sites for hydroxylation is 1. The number of nitrogens with zero attached hydrogens (tertiary/aromatic N) is 3. The molecule has 1 aliphatic rings. The third-order valence-electron chi connectivity index (χ3n) is 5.42. The lowest BCUT2D eigenvalue weighted by Crippen LogP contribution is -2.52. The second kappa shape index (κ2) is 8.59. The van der Waals surface area contributed by atoms with Gasteiger partial charge in [-0.05, 0) is 43.2 Å². The van der Waals surface area contributed by atoms with Crippen LogP contribution < -0.4 is 9.21 Å². The average molecular weight is 438 g/mol. The minimum absolute atomic E-state index is 0.0845. The van der Waals surface area contributed by atoms with Crippen LogP contribution in [0.4, 0.5) is 20.2 Å². The summed E-state index contributed by atoms with van der Waals surface area (Å²) in [5.41, 5.74) is 3.43. The first-order valence-corrected chi connectivity index (χ1v) is 11.4. The number of carbonyl (C=O) groups is 1. The van der Waals surface area contributed by atoms with E-state index in [4.69, 9.17) is 0 Å². The Balaban J connectivity index is 1.70. The predicted molar refractivity (Wildman–Crippen MR) is 113 cm³/mol. The molecule has 0 N–H and O–H groups in total. The molecular formula is C21H25F2N3O3S. The van der Waals surface area contributed by atoms with Gasteiger partial charge in [0.1, 0.15) is 6.54 Å². The van der Waals surface area contributed by atoms with Crippen molar-refractivity contribution in [2.24, 2.45) is 0 Å². The number of halogens is 2. The summed E-state index contributed by atoms with van der Waals surface area (Å²) in [5, 5.41) is 0. The van der Waals surface area contributed by atoms with Crippen molar-refractivity contribution >= 4 is 27.3 Å². The number of rotatable bonds is 5. The molecule has 1 saturated heterocycles. The van der Waals surface area contributed by atoms with E-state index in [0.29, 0.717) is 26.2 Å². The van der Waals surface area contributed by atoms with Gasteiger partial charge in [0.25, 0.3) is 0 Å². The van der Waals surface area contributed by atoms with E-state index in [1.54, 1.807) is 4.90 Å². The Morgan fingerprint density at radius 2 is 1.70 bits per heavy atom. The molecule has 1 amide bonds. The van der Waals surface area contributed by atoms with Crippen LogP contribution in [0.2, 0.25) is 0 Å². The normalized spacial score (nSPS) is 14.7. The zero-order valence-corrected chi connectivity index (χ0v) is 18.0. The van der Waals surface area contributed by atoms with Crippen LogP contribution in [0.15, 0.2) is 36.4 Å². The Morgan fingerprint density at radius 3 is 2.30 bits per heavy atom. The number of sulfonamides is 1. The van der Waals surface area contributed by atoms with Crippen LogP contribution in [0.25, 0.3) is 0 Å². The van der Waals surface area contributed by atoms with Gasteiger partial charge < -0.3 is 9.80 Å². The quantitative estimate of drug-likeness (QED) is 0.722. The zero-order chi connectivity index (χ0) is 22.1. The molecule has 30 heavy (non-hydrogen) atoms. The first-order chi connectivity index (χ1) is 14.1. The number of piperazine rings is 1. The van der Waals surface area contributed by atoms with Crippen molar-refractivity contribution in [1.82, 2.24) is 4.90 Å². The standard InChI is InChI=1S/C21H25F2N3O3S/c1-15-5-4-6-20(16(15)2)24-9-11-25(12-10-24)21(27)14-26(30(3,28)29)17-7-8-18(22)19(23)13-17/h4-8,13H,9-12,14H2,1-3H3. The van der Waals surface area contributed by atoms with Gasteiger partial charge in [0.2, 0.25) is 15.9 Å². The third-order valence-corrected chi connectivity index (χ3v) is 6.56. The van der Waals surface area contributed by atoms with Gasteiger partial charge in [0, 0.05) is 37.9 Å². The fourth-order valence-electron chi connectivity index (χ4n) is 3.54. The molecule has 1 heterocycles. The largest absolute Gasteiger partial charge is 0.368 e. The van der Waals surface area contributed by atoms with E-state index in [-0.39, 0.29) is 11.6 Å². The molecule has 0 bridgehead atoms. The topological polar surface area (TPSA) is 60.9 Å². The summed E-state index contributed by atoms with van der Waals surface area (Å²) < 4.78 is 52.0. The summed E-state index contributed by atoms with van der Waals surface area (Å²) in [6, 6.07) is 8.87. The minimum atomic E-state index is -3.86. The summed E-state index contributed by atoms with van der Waals surface area (Å²) in [6.07, 6.45) is 0.931. The van der Waals surface area contributed by atoms with Crippen molar-refractivity contribution in [3.05, 3.63) is 59.2 Å². The average Bonchev–Trinajstić information content (AvgIpc) is 2.69. The highest BCUT2D eigenvalue weighted by atomic mass is 32.2. The van der Waals surface area contributed by atoms with E-state index in [1.165, 1.54) is 11.1 Å². The number of amides is 1. The Kier molecular flexibility index (Phi) is 6.30. The number of hydrogen-bond acceptors (Lipinski definition) is 4. The Bertz CT molecular complexity index is 1050. The molecule has 9 heteroatoms. The smallest absolute Gasteiger partial charge is 0.243 e. The fourth-order valence-corrected chi connectivity index (χ4v) is 4.38. The Hall–Kier alpha value is -2.68. The van der Waals surface area contributed by atoms with Gasteiger partial charge >= 0.3 is 0 Å². The van der Waals surface area contributed by atoms with Gasteiger partial charge in [-0.3, -0.25) is 9.10 Å². The monoisotopic (exact) mass is 437 g/mol. The lowest BCUT2D eigenvalue weighted by atomic mass is 10.1. The van der Waals surface area contributed by atoms with Crippen LogP contribution in [0, 0.1) is 25.5 Å². The third kappa shape index (κ3) is 4.72. The van der Waals surface area contributed by atoms with Crippen LogP contribution in [0.3, 0.4) is 0 Å². The van der Waals surface area contributed by atoms with Crippen LogP contribution >= 0.6 is 0 Å². The van der Waals surface area contributed by atoms with Gasteiger partial charge in [-0.1, -0.05) is 12.1 Å². The van der Waals surface area contributed by atoms with Gasteiger partial charge in [-0.25, -0.2) is 17.2 Å². The first-order valence-electron chi connectivity index (χ1n) is 9.59. The molecule has 2 aromatic rings. The van der Waals surface area contributed by atoms with E-state index in [9.17, 15) is 22.0 Å². The lowest BCUT2D eigenvalue weighted by Gasteiger charge is -2.37. The van der Waals surface area contributed by atoms with Crippen LogP contribution in [-0.2, 0) is 14.8 Å². The maximum absolute atomic E-state index is 13.6. The minimum Gasteiger partial charge on any atom is -0.368 e. The summed E-state index contributed by atoms with van der Waals surface area (Å²) in [7, 11) is -3.86. The van der Waals surface area contributed by atoms with Gasteiger partial charge in [0.05, 0.1) is 11.9 Å². The molecule has 2 aromatic carbocycles. The summed E-state index contributed by atoms with van der Waals surface area (Å²) >= 11 is 0. The van der Waals surface area contributed by atoms with Crippen molar-refractivity contribution in [3.8, 4) is 0 Å². The summed E-state index contributed by atoms with van der Waals surface area (Å²) in [6.45, 7) is 5.79. The number of anilines is 2. The second-order valence-corrected chi connectivity index (χ2v) is 9.36. The SMILES string of the molecule is Cc1cccc(N2CCN(C(=O)CN(c3ccc(F)c(F)c3)S(C)(=O)=O)CC2)c1C. The molecular weight excluding hydrogens is 412 g/mol.